The van der Waals surface area contributed by atoms with Crippen LogP contribution in [-0.4, -0.2) is 25.3 Å². The maximum absolute atomic E-state index is 13.8. The number of hydrogen-bond acceptors (Lipinski definition) is 4. The highest BCUT2D eigenvalue weighted by molar-refractivity contribution is 7.92. The molecule has 2 aromatic carbocycles. The monoisotopic (exact) mass is 425 g/mol. The van der Waals surface area contributed by atoms with Crippen molar-refractivity contribution in [3.8, 4) is 0 Å². The molecule has 0 aliphatic carbocycles. The zero-order valence-corrected chi connectivity index (χ0v) is 17.2. The zero-order chi connectivity index (χ0) is 22.1. The number of carbonyl (C=O) groups is 2. The van der Waals surface area contributed by atoms with Gasteiger partial charge in [-0.3, -0.25) is 9.52 Å². The third-order valence-electron chi connectivity index (χ3n) is 3.99. The molecule has 0 heterocycles. The van der Waals surface area contributed by atoms with Crippen LogP contribution in [0.15, 0.2) is 35.2 Å². The van der Waals surface area contributed by atoms with Crippen LogP contribution in [0.5, 0.6) is 0 Å². The molecule has 0 unspecified atom stereocenters. The first-order valence-corrected chi connectivity index (χ1v) is 10.1. The van der Waals surface area contributed by atoms with Crippen molar-refractivity contribution in [1.82, 2.24) is 0 Å². The summed E-state index contributed by atoms with van der Waals surface area (Å²) in [4.78, 5) is 23.0. The molecule has 0 spiro atoms. The Morgan fingerprint density at radius 3 is 2.07 bits per heavy atom. The molecule has 6 nitrogen and oxygen atoms in total. The summed E-state index contributed by atoms with van der Waals surface area (Å²) in [6.45, 7) is 7.23. The van der Waals surface area contributed by atoms with Gasteiger partial charge in [0.15, 0.2) is 5.78 Å². The third kappa shape index (κ3) is 5.38. The number of Topliss-reactive ketones (excluding diaryl/α,β-unsaturated/α-hetero) is 1. The van der Waals surface area contributed by atoms with E-state index < -0.39 is 38.9 Å². The lowest BCUT2D eigenvalue weighted by Gasteiger charge is -2.17. The Bertz CT molecular complexity index is 1070. The number of aryl methyl sites for hydroxylation is 1. The van der Waals surface area contributed by atoms with Gasteiger partial charge in [0.25, 0.3) is 10.0 Å². The number of carboxylic acid groups (broad SMARTS) is 1. The van der Waals surface area contributed by atoms with Gasteiger partial charge >= 0.3 is 5.97 Å². The largest absolute Gasteiger partial charge is 0.477 e. The highest BCUT2D eigenvalue weighted by Gasteiger charge is 2.23. The summed E-state index contributed by atoms with van der Waals surface area (Å²) in [7, 11) is -4.23. The van der Waals surface area contributed by atoms with Crippen LogP contribution < -0.4 is 4.72 Å². The van der Waals surface area contributed by atoms with Crippen LogP contribution in [0.4, 0.5) is 14.5 Å². The summed E-state index contributed by atoms with van der Waals surface area (Å²) in [5, 5.41) is 8.78. The lowest BCUT2D eigenvalue weighted by Crippen LogP contribution is -2.17. The molecule has 0 aliphatic heterocycles. The number of halogens is 2. The summed E-state index contributed by atoms with van der Waals surface area (Å²) in [5.41, 5.74) is -1.23. The van der Waals surface area contributed by atoms with E-state index in [1.165, 1.54) is 25.1 Å². The molecular formula is C20H21F2NO5S. The number of anilines is 1. The van der Waals surface area contributed by atoms with Crippen molar-refractivity contribution in [2.24, 2.45) is 5.41 Å². The van der Waals surface area contributed by atoms with Gasteiger partial charge in [-0.15, -0.1) is 0 Å². The molecule has 2 rings (SSSR count). The Morgan fingerprint density at radius 2 is 1.62 bits per heavy atom. The first-order chi connectivity index (χ1) is 13.2. The van der Waals surface area contributed by atoms with E-state index in [4.69, 9.17) is 5.11 Å². The number of carboxylic acids is 1. The Morgan fingerprint density at radius 1 is 1.07 bits per heavy atom. The second-order valence-corrected chi connectivity index (χ2v) is 9.52. The fourth-order valence-electron chi connectivity index (χ4n) is 2.75. The van der Waals surface area contributed by atoms with Crippen molar-refractivity contribution in [2.45, 2.75) is 39.0 Å². The molecule has 156 valence electrons. The molecule has 0 amide bonds. The van der Waals surface area contributed by atoms with E-state index in [2.05, 4.69) is 0 Å². The van der Waals surface area contributed by atoms with Gasteiger partial charge in [0.2, 0.25) is 0 Å². The zero-order valence-electron chi connectivity index (χ0n) is 16.3. The van der Waals surface area contributed by atoms with Gasteiger partial charge in [-0.25, -0.2) is 22.0 Å². The van der Waals surface area contributed by atoms with Crippen LogP contribution in [0.3, 0.4) is 0 Å². The Balaban J connectivity index is 2.35. The molecule has 0 aromatic heterocycles. The Hall–Kier alpha value is -2.81. The van der Waals surface area contributed by atoms with Crippen molar-refractivity contribution in [3.05, 3.63) is 58.7 Å². The van der Waals surface area contributed by atoms with Crippen molar-refractivity contribution in [3.63, 3.8) is 0 Å². The smallest absolute Gasteiger partial charge is 0.341 e. The summed E-state index contributed by atoms with van der Waals surface area (Å²) in [6.07, 6.45) is 0.283. The van der Waals surface area contributed by atoms with Gasteiger partial charge in [-0.2, -0.15) is 0 Å². The van der Waals surface area contributed by atoms with Crippen LogP contribution in [0.1, 0.15) is 53.5 Å². The molecule has 0 saturated heterocycles. The lowest BCUT2D eigenvalue weighted by molar-refractivity contribution is 0.0686. The highest BCUT2D eigenvalue weighted by atomic mass is 32.2. The fraction of sp³-hybridized carbons (Fsp3) is 0.300. The predicted molar refractivity (Wildman–Crippen MR) is 104 cm³/mol. The van der Waals surface area contributed by atoms with Crippen LogP contribution in [-0.2, 0) is 10.0 Å². The summed E-state index contributed by atoms with van der Waals surface area (Å²) >= 11 is 0. The summed E-state index contributed by atoms with van der Waals surface area (Å²) < 4.78 is 54.9. The van der Waals surface area contributed by atoms with E-state index in [9.17, 15) is 26.8 Å². The van der Waals surface area contributed by atoms with Crippen molar-refractivity contribution < 1.29 is 31.9 Å². The van der Waals surface area contributed by atoms with Crippen molar-refractivity contribution in [2.75, 3.05) is 4.72 Å². The van der Waals surface area contributed by atoms with Crippen molar-refractivity contribution >= 4 is 27.5 Å². The van der Waals surface area contributed by atoms with E-state index >= 15 is 0 Å². The SMILES string of the molecule is Cc1cc(C(=O)CC(C)(C)C)ccc1S(=O)(=O)Nc1cc(F)c(C(=O)O)c(F)c1. The number of nitrogens with one attached hydrogen (secondary N) is 1. The first kappa shape index (κ1) is 22.5. The number of rotatable bonds is 6. The van der Waals surface area contributed by atoms with Crippen LogP contribution in [0.25, 0.3) is 0 Å². The van der Waals surface area contributed by atoms with Crippen molar-refractivity contribution in [1.29, 1.82) is 0 Å². The second kappa shape index (κ2) is 7.90. The quantitative estimate of drug-likeness (QED) is 0.669. The summed E-state index contributed by atoms with van der Waals surface area (Å²) in [6, 6.07) is 5.23. The van der Waals surface area contributed by atoms with E-state index in [0.717, 1.165) is 0 Å². The maximum atomic E-state index is 13.8. The van der Waals surface area contributed by atoms with E-state index in [-0.39, 0.29) is 28.1 Å². The van der Waals surface area contributed by atoms with E-state index in [1.54, 1.807) is 0 Å². The molecule has 0 bridgehead atoms. The molecule has 0 fully saturated rings. The molecule has 0 atom stereocenters. The minimum absolute atomic E-state index is 0.133. The normalized spacial score (nSPS) is 11.9. The number of carbonyl (C=O) groups excluding carboxylic acids is 1. The second-order valence-electron chi connectivity index (χ2n) is 7.87. The lowest BCUT2D eigenvalue weighted by atomic mass is 9.87. The molecule has 0 aliphatic rings. The van der Waals surface area contributed by atoms with Gasteiger partial charge in [0.05, 0.1) is 10.6 Å². The summed E-state index contributed by atoms with van der Waals surface area (Å²) in [5.74, 6) is -4.75. The van der Waals surface area contributed by atoms with Crippen LogP contribution in [0.2, 0.25) is 0 Å². The van der Waals surface area contributed by atoms with Crippen LogP contribution >= 0.6 is 0 Å². The molecule has 29 heavy (non-hydrogen) atoms. The highest BCUT2D eigenvalue weighted by Crippen LogP contribution is 2.26. The maximum Gasteiger partial charge on any atom is 0.341 e. The molecule has 0 radical (unpaired) electrons. The molecule has 2 aromatic rings. The number of sulfonamides is 1. The van der Waals surface area contributed by atoms with Gasteiger partial charge in [0.1, 0.15) is 17.2 Å². The number of hydrogen-bond donors (Lipinski definition) is 2. The van der Waals surface area contributed by atoms with Gasteiger partial charge in [0, 0.05) is 12.0 Å². The molecule has 2 N–H and O–H groups in total. The van der Waals surface area contributed by atoms with Gasteiger partial charge in [-0.1, -0.05) is 26.8 Å². The minimum Gasteiger partial charge on any atom is -0.477 e. The Labute approximate surface area is 167 Å². The average Bonchev–Trinajstić information content (AvgIpc) is 2.51. The topological polar surface area (TPSA) is 101 Å². The Kier molecular flexibility index (Phi) is 6.13. The fourth-order valence-corrected chi connectivity index (χ4v) is 4.02. The third-order valence-corrected chi connectivity index (χ3v) is 5.53. The van der Waals surface area contributed by atoms with Gasteiger partial charge < -0.3 is 5.11 Å². The van der Waals surface area contributed by atoms with E-state index in [0.29, 0.717) is 17.7 Å². The number of benzene rings is 2. The van der Waals surface area contributed by atoms with E-state index in [1.807, 2.05) is 25.5 Å². The average molecular weight is 425 g/mol. The number of aromatic carboxylic acids is 1. The molecular weight excluding hydrogens is 404 g/mol. The van der Waals surface area contributed by atoms with Crippen LogP contribution in [0, 0.1) is 24.0 Å². The first-order valence-electron chi connectivity index (χ1n) is 8.60. The molecule has 9 heteroatoms. The molecule has 0 saturated carbocycles. The number of ketones is 1. The minimum atomic E-state index is -4.23. The predicted octanol–water partition coefficient (Wildman–Crippen LogP) is 4.39. The van der Waals surface area contributed by atoms with Gasteiger partial charge in [-0.05, 0) is 42.2 Å². The standard InChI is InChI=1S/C20H21F2NO5S/c1-11-7-12(16(24)10-20(2,3)4)5-6-17(11)29(27,28)23-13-8-14(21)18(19(25)26)15(22)9-13/h5-9,23H,10H2,1-4H3,(H,25,26).